The third-order valence-corrected chi connectivity index (χ3v) is 5.85. The number of hydrogen-bond acceptors (Lipinski definition) is 6. The summed E-state index contributed by atoms with van der Waals surface area (Å²) < 4.78 is 12.2. The maximum atomic E-state index is 12.6. The van der Waals surface area contributed by atoms with Gasteiger partial charge in [0, 0.05) is 37.2 Å². The van der Waals surface area contributed by atoms with Gasteiger partial charge in [0.05, 0.1) is 11.8 Å². The smallest absolute Gasteiger partial charge is 0.326 e. The molecule has 0 aromatic carbocycles. The minimum Gasteiger partial charge on any atom is -0.456 e. The topological polar surface area (TPSA) is 94.9 Å². The highest BCUT2D eigenvalue weighted by molar-refractivity contribution is 6.07. The van der Waals surface area contributed by atoms with Crippen LogP contribution in [0, 0.1) is 25.7 Å². The molecule has 8 nitrogen and oxygen atoms in total. The van der Waals surface area contributed by atoms with Crippen molar-refractivity contribution in [1.82, 2.24) is 9.47 Å². The number of nitrogens with zero attached hydrogens (tertiary/aromatic N) is 2. The van der Waals surface area contributed by atoms with Crippen molar-refractivity contribution in [3.63, 3.8) is 0 Å². The van der Waals surface area contributed by atoms with E-state index in [4.69, 9.17) is 9.47 Å². The van der Waals surface area contributed by atoms with Crippen LogP contribution in [0.5, 0.6) is 0 Å². The summed E-state index contributed by atoms with van der Waals surface area (Å²) in [5, 5.41) is 0. The summed E-state index contributed by atoms with van der Waals surface area (Å²) >= 11 is 0. The Morgan fingerprint density at radius 2 is 1.73 bits per heavy atom. The fourth-order valence-corrected chi connectivity index (χ4v) is 4.22. The van der Waals surface area contributed by atoms with E-state index in [0.717, 1.165) is 29.3 Å². The second-order valence-corrected chi connectivity index (χ2v) is 7.79. The molecule has 2 aliphatic rings. The number of aromatic nitrogens is 1. The molecular weight excluding hydrogens is 388 g/mol. The first-order valence-corrected chi connectivity index (χ1v) is 10.2. The number of amides is 2. The van der Waals surface area contributed by atoms with Crippen molar-refractivity contribution in [2.24, 2.45) is 11.8 Å². The highest BCUT2D eigenvalue weighted by atomic mass is 16.5. The number of methoxy groups -OCH3 is 1. The average Bonchev–Trinajstić information content (AvgIpc) is 3.15. The van der Waals surface area contributed by atoms with E-state index in [1.807, 2.05) is 30.6 Å². The van der Waals surface area contributed by atoms with Crippen molar-refractivity contribution in [3.8, 4) is 0 Å². The number of imide groups is 1. The lowest BCUT2D eigenvalue weighted by molar-refractivity contribution is -0.152. The van der Waals surface area contributed by atoms with Gasteiger partial charge < -0.3 is 14.0 Å². The van der Waals surface area contributed by atoms with E-state index in [1.165, 1.54) is 0 Å². The van der Waals surface area contributed by atoms with Crippen molar-refractivity contribution in [1.29, 1.82) is 0 Å². The van der Waals surface area contributed by atoms with E-state index in [1.54, 1.807) is 13.2 Å². The second-order valence-electron chi connectivity index (χ2n) is 7.79. The maximum Gasteiger partial charge on any atom is 0.326 e. The minimum absolute atomic E-state index is 0.314. The molecule has 0 radical (unpaired) electrons. The summed E-state index contributed by atoms with van der Waals surface area (Å²) in [4.78, 5) is 50.6. The fourth-order valence-electron chi connectivity index (χ4n) is 4.22. The molecule has 0 saturated carbocycles. The average molecular weight is 416 g/mol. The van der Waals surface area contributed by atoms with Crippen LogP contribution in [-0.2, 0) is 30.4 Å². The third kappa shape index (κ3) is 4.38. The predicted molar refractivity (Wildman–Crippen MR) is 108 cm³/mol. The number of allylic oxidation sites excluding steroid dienone is 2. The quantitative estimate of drug-likeness (QED) is 0.200. The zero-order valence-corrected chi connectivity index (χ0v) is 17.7. The van der Waals surface area contributed by atoms with E-state index in [2.05, 4.69) is 0 Å². The lowest BCUT2D eigenvalue weighted by atomic mass is 9.85. The van der Waals surface area contributed by atoms with Gasteiger partial charge in [-0.05, 0) is 39.2 Å². The molecule has 0 spiro atoms. The predicted octanol–water partition coefficient (Wildman–Crippen LogP) is 1.82. The lowest BCUT2D eigenvalue weighted by Gasteiger charge is -2.14. The van der Waals surface area contributed by atoms with Crippen LogP contribution in [0.3, 0.4) is 0 Å². The molecule has 0 N–H and O–H groups in total. The molecular formula is C22H28N2O6. The van der Waals surface area contributed by atoms with Crippen LogP contribution in [0.2, 0.25) is 0 Å². The molecule has 0 bridgehead atoms. The molecule has 1 saturated heterocycles. The Bertz CT molecular complexity index is 858. The van der Waals surface area contributed by atoms with Crippen LogP contribution in [0.1, 0.15) is 41.0 Å². The molecule has 2 amide bonds. The largest absolute Gasteiger partial charge is 0.456 e. The number of carbonyl (C=O) groups excluding carboxylic acids is 4. The van der Waals surface area contributed by atoms with Crippen LogP contribution < -0.4 is 0 Å². The molecule has 8 heteroatoms. The first-order valence-electron chi connectivity index (χ1n) is 10.2. The summed E-state index contributed by atoms with van der Waals surface area (Å²) in [6.07, 6.45) is 5.63. The molecule has 1 aromatic rings. The van der Waals surface area contributed by atoms with Gasteiger partial charge >= 0.3 is 5.97 Å². The normalized spacial score (nSPS) is 20.6. The van der Waals surface area contributed by atoms with Crippen LogP contribution >= 0.6 is 0 Å². The number of rotatable bonds is 9. The molecule has 162 valence electrons. The fraction of sp³-hybridized carbons (Fsp3) is 0.545. The second kappa shape index (κ2) is 9.38. The number of fused-ring (bicyclic) bond motifs is 1. The van der Waals surface area contributed by atoms with Gasteiger partial charge in [-0.2, -0.15) is 0 Å². The van der Waals surface area contributed by atoms with Gasteiger partial charge in [-0.15, -0.1) is 0 Å². The van der Waals surface area contributed by atoms with Gasteiger partial charge in [-0.25, -0.2) is 0 Å². The molecule has 2 unspecified atom stereocenters. The Balaban J connectivity index is 1.55. The van der Waals surface area contributed by atoms with Crippen molar-refractivity contribution >= 4 is 23.6 Å². The molecule has 30 heavy (non-hydrogen) atoms. The number of aryl methyl sites for hydroxylation is 1. The molecule has 2 heterocycles. The summed E-state index contributed by atoms with van der Waals surface area (Å²) in [6.45, 7) is 4.26. The Hall–Kier alpha value is -2.74. The zero-order chi connectivity index (χ0) is 21.8. The summed E-state index contributed by atoms with van der Waals surface area (Å²) in [7, 11) is 1.65. The monoisotopic (exact) mass is 416 g/mol. The molecule has 1 aromatic heterocycles. The third-order valence-electron chi connectivity index (χ3n) is 5.85. The Morgan fingerprint density at radius 1 is 1.10 bits per heavy atom. The van der Waals surface area contributed by atoms with E-state index in [0.29, 0.717) is 25.0 Å². The minimum atomic E-state index is -0.759. The van der Waals surface area contributed by atoms with Crippen molar-refractivity contribution in [3.05, 3.63) is 35.2 Å². The standard InChI is InChI=1S/C22H28N2O6/c1-14-11-18(15(2)23(14)9-6-10-29-3)19(25)13-30-20(26)12-24-21(27)16-7-4-5-8-17(16)22(24)28/h4-5,11,16-17H,6-10,12-13H2,1-3H3. The van der Waals surface area contributed by atoms with Crippen molar-refractivity contribution in [2.45, 2.75) is 39.7 Å². The summed E-state index contributed by atoms with van der Waals surface area (Å²) in [5.74, 6) is -2.52. The number of carbonyl (C=O) groups is 4. The van der Waals surface area contributed by atoms with E-state index < -0.39 is 19.1 Å². The van der Waals surface area contributed by atoms with Gasteiger partial charge in [0.1, 0.15) is 6.54 Å². The Labute approximate surface area is 175 Å². The van der Waals surface area contributed by atoms with Crippen LogP contribution in [0.15, 0.2) is 18.2 Å². The molecule has 1 aliphatic heterocycles. The molecule has 1 aliphatic carbocycles. The number of likely N-dealkylation sites (tertiary alicyclic amines) is 1. The lowest BCUT2D eigenvalue weighted by Crippen LogP contribution is -2.37. The summed E-state index contributed by atoms with van der Waals surface area (Å²) in [5.41, 5.74) is 2.26. The van der Waals surface area contributed by atoms with Crippen molar-refractivity contribution < 1.29 is 28.7 Å². The van der Waals surface area contributed by atoms with Gasteiger partial charge in [-0.3, -0.25) is 24.1 Å². The van der Waals surface area contributed by atoms with Crippen LogP contribution in [0.4, 0.5) is 0 Å². The first kappa shape index (κ1) is 22.0. The van der Waals surface area contributed by atoms with E-state index >= 15 is 0 Å². The first-order chi connectivity index (χ1) is 14.3. The Kier molecular flexibility index (Phi) is 6.87. The van der Waals surface area contributed by atoms with Gasteiger partial charge in [0.25, 0.3) is 0 Å². The SMILES string of the molecule is COCCCn1c(C)cc(C(=O)COC(=O)CN2C(=O)C3CC=CCC3C2=O)c1C. The zero-order valence-electron chi connectivity index (χ0n) is 17.7. The number of hydrogen-bond donors (Lipinski definition) is 0. The maximum absolute atomic E-state index is 12.6. The molecule has 2 atom stereocenters. The Morgan fingerprint density at radius 3 is 2.33 bits per heavy atom. The van der Waals surface area contributed by atoms with Gasteiger partial charge in [-0.1, -0.05) is 12.2 Å². The van der Waals surface area contributed by atoms with Gasteiger partial charge in [0.15, 0.2) is 6.61 Å². The number of ketones is 1. The summed E-state index contributed by atoms with van der Waals surface area (Å²) in [6, 6.07) is 1.78. The van der Waals surface area contributed by atoms with E-state index in [9.17, 15) is 19.2 Å². The highest BCUT2D eigenvalue weighted by Crippen LogP contribution is 2.34. The van der Waals surface area contributed by atoms with Crippen LogP contribution in [0.25, 0.3) is 0 Å². The van der Waals surface area contributed by atoms with Crippen molar-refractivity contribution in [2.75, 3.05) is 26.9 Å². The van der Waals surface area contributed by atoms with Gasteiger partial charge in [0.2, 0.25) is 17.6 Å². The number of esters is 1. The van der Waals surface area contributed by atoms with E-state index in [-0.39, 0.29) is 29.4 Å². The number of Topliss-reactive ketones (excluding diaryl/α,β-unsaturated/α-hetero) is 1. The highest BCUT2D eigenvalue weighted by Gasteiger charge is 2.47. The number of ether oxygens (including phenoxy) is 2. The molecule has 1 fully saturated rings. The van der Waals surface area contributed by atoms with Crippen LogP contribution in [-0.4, -0.2) is 59.9 Å². The molecule has 3 rings (SSSR count).